The number of aromatic nitrogens is 2. The van der Waals surface area contributed by atoms with E-state index in [1.165, 1.54) is 6.92 Å². The Balaban J connectivity index is 2.30. The molecule has 0 unspecified atom stereocenters. The molecule has 88 valence electrons. The van der Waals surface area contributed by atoms with Crippen LogP contribution in [0.5, 0.6) is 0 Å². The van der Waals surface area contributed by atoms with Gasteiger partial charge in [0.25, 0.3) is 0 Å². The Hall–Kier alpha value is -1.31. The molecule has 0 spiro atoms. The third-order valence-corrected chi connectivity index (χ3v) is 2.67. The van der Waals surface area contributed by atoms with Gasteiger partial charge in [0.05, 0.1) is 5.69 Å². The minimum Gasteiger partial charge on any atom is -0.322 e. The van der Waals surface area contributed by atoms with E-state index in [9.17, 15) is 8.78 Å². The van der Waals surface area contributed by atoms with Gasteiger partial charge in [0.1, 0.15) is 11.6 Å². The average Bonchev–Trinajstić information content (AvgIpc) is 2.29. The summed E-state index contributed by atoms with van der Waals surface area (Å²) in [5.41, 5.74) is 0.283. The third kappa shape index (κ3) is 2.87. The number of benzene rings is 1. The summed E-state index contributed by atoms with van der Waals surface area (Å²) in [5.74, 6) is -0.780. The molecule has 0 aliphatic rings. The molecule has 0 aliphatic carbocycles. The maximum atomic E-state index is 13.5. The van der Waals surface area contributed by atoms with Crippen LogP contribution in [0.25, 0.3) is 0 Å². The summed E-state index contributed by atoms with van der Waals surface area (Å²) < 4.78 is 27.7. The second-order valence-electron chi connectivity index (χ2n) is 3.43. The van der Waals surface area contributed by atoms with Crippen molar-refractivity contribution in [3.8, 4) is 0 Å². The van der Waals surface area contributed by atoms with E-state index in [2.05, 4.69) is 37.9 Å². The summed E-state index contributed by atoms with van der Waals surface area (Å²) in [6, 6.07) is 2.22. The van der Waals surface area contributed by atoms with Crippen LogP contribution >= 0.6 is 22.6 Å². The second-order valence-corrected chi connectivity index (χ2v) is 4.68. The highest BCUT2D eigenvalue weighted by Gasteiger charge is 2.08. The van der Waals surface area contributed by atoms with E-state index in [1.54, 1.807) is 12.4 Å². The summed E-state index contributed by atoms with van der Waals surface area (Å²) >= 11 is 2.06. The molecule has 0 fully saturated rings. The van der Waals surface area contributed by atoms with Gasteiger partial charge in [-0.1, -0.05) is 0 Å². The predicted octanol–water partition coefficient (Wildman–Crippen LogP) is 3.41. The van der Waals surface area contributed by atoms with E-state index < -0.39 is 11.6 Å². The molecule has 0 amide bonds. The van der Waals surface area contributed by atoms with E-state index in [0.717, 1.165) is 15.7 Å². The zero-order chi connectivity index (χ0) is 12.4. The molecule has 6 heteroatoms. The molecule has 0 saturated heterocycles. The highest BCUT2D eigenvalue weighted by Crippen LogP contribution is 2.21. The van der Waals surface area contributed by atoms with Crippen LogP contribution in [-0.2, 0) is 0 Å². The van der Waals surface area contributed by atoms with Crippen LogP contribution in [0.3, 0.4) is 0 Å². The van der Waals surface area contributed by atoms with Gasteiger partial charge in [-0.15, -0.1) is 0 Å². The standard InChI is InChI=1S/C11H8F2IN3/c1-6-2-9(13)10(3-8(6)12)17-11-15-4-7(14)5-16-11/h2-5H,1H3,(H,15,16,17). The topological polar surface area (TPSA) is 37.8 Å². The first-order valence-electron chi connectivity index (χ1n) is 4.76. The average molecular weight is 347 g/mol. The smallest absolute Gasteiger partial charge is 0.227 e. The van der Waals surface area contributed by atoms with Gasteiger partial charge in [-0.05, 0) is 41.1 Å². The van der Waals surface area contributed by atoms with Crippen LogP contribution in [0.2, 0.25) is 0 Å². The molecule has 0 aliphatic heterocycles. The fourth-order valence-corrected chi connectivity index (χ4v) is 1.52. The van der Waals surface area contributed by atoms with Crippen molar-refractivity contribution < 1.29 is 8.78 Å². The van der Waals surface area contributed by atoms with E-state index in [4.69, 9.17) is 0 Å². The molecular formula is C11H8F2IN3. The normalized spacial score (nSPS) is 10.4. The van der Waals surface area contributed by atoms with E-state index in [1.807, 2.05) is 0 Å². The predicted molar refractivity (Wildman–Crippen MR) is 69.1 cm³/mol. The van der Waals surface area contributed by atoms with Crippen LogP contribution in [0, 0.1) is 22.1 Å². The molecule has 1 N–H and O–H groups in total. The number of rotatable bonds is 2. The summed E-state index contributed by atoms with van der Waals surface area (Å²) in [6.45, 7) is 1.50. The van der Waals surface area contributed by atoms with E-state index >= 15 is 0 Å². The van der Waals surface area contributed by atoms with Gasteiger partial charge in [0.15, 0.2) is 0 Å². The molecule has 17 heavy (non-hydrogen) atoms. The van der Waals surface area contributed by atoms with E-state index in [0.29, 0.717) is 0 Å². The first kappa shape index (κ1) is 12.2. The molecule has 0 saturated carbocycles. The fraction of sp³-hybridized carbons (Fsp3) is 0.0909. The Morgan fingerprint density at radius 2 is 1.76 bits per heavy atom. The van der Waals surface area contributed by atoms with Crippen LogP contribution in [0.4, 0.5) is 20.4 Å². The SMILES string of the molecule is Cc1cc(F)c(Nc2ncc(I)cn2)cc1F. The van der Waals surface area contributed by atoms with Crippen LogP contribution in [0.15, 0.2) is 24.5 Å². The van der Waals surface area contributed by atoms with Crippen LogP contribution in [0.1, 0.15) is 5.56 Å². The van der Waals surface area contributed by atoms with Gasteiger partial charge in [0.2, 0.25) is 5.95 Å². The number of hydrogen-bond acceptors (Lipinski definition) is 3. The number of nitrogens with one attached hydrogen (secondary N) is 1. The summed E-state index contributed by atoms with van der Waals surface area (Å²) in [7, 11) is 0. The van der Waals surface area contributed by atoms with Crippen molar-refractivity contribution in [2.75, 3.05) is 5.32 Å². The minimum absolute atomic E-state index is 0.0225. The lowest BCUT2D eigenvalue weighted by Gasteiger charge is -2.07. The van der Waals surface area contributed by atoms with Gasteiger partial charge in [-0.25, -0.2) is 18.7 Å². The number of aryl methyl sites for hydroxylation is 1. The first-order valence-corrected chi connectivity index (χ1v) is 5.84. The Kier molecular flexibility index (Phi) is 3.51. The minimum atomic E-state index is -0.536. The van der Waals surface area contributed by atoms with Crippen molar-refractivity contribution in [3.63, 3.8) is 0 Å². The quantitative estimate of drug-likeness (QED) is 0.847. The number of hydrogen-bond donors (Lipinski definition) is 1. The molecule has 1 heterocycles. The van der Waals surface area contributed by atoms with Crippen molar-refractivity contribution in [2.45, 2.75) is 6.92 Å². The second kappa shape index (κ2) is 4.91. The molecule has 2 rings (SSSR count). The molecule has 3 nitrogen and oxygen atoms in total. The summed E-state index contributed by atoms with van der Waals surface area (Å²) in [4.78, 5) is 7.90. The number of halogens is 3. The van der Waals surface area contributed by atoms with Crippen molar-refractivity contribution in [1.82, 2.24) is 9.97 Å². The molecule has 0 atom stereocenters. The van der Waals surface area contributed by atoms with Crippen molar-refractivity contribution >= 4 is 34.2 Å². The van der Waals surface area contributed by atoms with Crippen molar-refractivity contribution in [3.05, 3.63) is 45.3 Å². The Morgan fingerprint density at radius 1 is 1.12 bits per heavy atom. The molecule has 1 aromatic heterocycles. The number of nitrogens with zero attached hydrogens (tertiary/aromatic N) is 2. The molecule has 0 bridgehead atoms. The summed E-state index contributed by atoms with van der Waals surface area (Å²) in [6.07, 6.45) is 3.16. The highest BCUT2D eigenvalue weighted by atomic mass is 127. The molecular weight excluding hydrogens is 339 g/mol. The van der Waals surface area contributed by atoms with Gasteiger partial charge < -0.3 is 5.32 Å². The Morgan fingerprint density at radius 3 is 2.41 bits per heavy atom. The van der Waals surface area contributed by atoms with Crippen LogP contribution in [-0.4, -0.2) is 9.97 Å². The van der Waals surface area contributed by atoms with Gasteiger partial charge in [-0.3, -0.25) is 0 Å². The first-order chi connectivity index (χ1) is 8.06. The summed E-state index contributed by atoms with van der Waals surface area (Å²) in [5, 5.41) is 2.63. The third-order valence-electron chi connectivity index (χ3n) is 2.12. The van der Waals surface area contributed by atoms with Gasteiger partial charge >= 0.3 is 0 Å². The highest BCUT2D eigenvalue weighted by molar-refractivity contribution is 14.1. The lowest BCUT2D eigenvalue weighted by Crippen LogP contribution is -2.00. The Labute approximate surface area is 110 Å². The Bertz CT molecular complexity index is 543. The molecule has 2 aromatic rings. The largest absolute Gasteiger partial charge is 0.322 e. The lowest BCUT2D eigenvalue weighted by atomic mass is 10.2. The fourth-order valence-electron chi connectivity index (χ4n) is 1.24. The zero-order valence-electron chi connectivity index (χ0n) is 8.84. The van der Waals surface area contributed by atoms with Crippen LogP contribution < -0.4 is 5.32 Å². The van der Waals surface area contributed by atoms with Crippen molar-refractivity contribution in [1.29, 1.82) is 0 Å². The maximum Gasteiger partial charge on any atom is 0.227 e. The maximum absolute atomic E-state index is 13.5. The molecule has 0 radical (unpaired) electrons. The zero-order valence-corrected chi connectivity index (χ0v) is 11.0. The monoisotopic (exact) mass is 347 g/mol. The van der Waals surface area contributed by atoms with Gasteiger partial charge in [-0.2, -0.15) is 0 Å². The van der Waals surface area contributed by atoms with E-state index in [-0.39, 0.29) is 17.2 Å². The van der Waals surface area contributed by atoms with Gasteiger partial charge in [0, 0.05) is 22.0 Å². The lowest BCUT2D eigenvalue weighted by molar-refractivity contribution is 0.595. The number of anilines is 2. The molecule has 1 aromatic carbocycles. The van der Waals surface area contributed by atoms with Crippen molar-refractivity contribution in [2.24, 2.45) is 0 Å².